The van der Waals surface area contributed by atoms with Gasteiger partial charge in [0, 0.05) is 12.6 Å². The van der Waals surface area contributed by atoms with E-state index < -0.39 is 0 Å². The van der Waals surface area contributed by atoms with Gasteiger partial charge in [-0.2, -0.15) is 5.10 Å². The minimum atomic E-state index is -0.147. The maximum absolute atomic E-state index is 12.4. The highest BCUT2D eigenvalue weighted by Gasteiger charge is 2.10. The van der Waals surface area contributed by atoms with E-state index >= 15 is 0 Å². The van der Waals surface area contributed by atoms with Crippen LogP contribution in [0, 0.1) is 11.8 Å². The summed E-state index contributed by atoms with van der Waals surface area (Å²) in [4.78, 5) is 12.4. The molecule has 3 heteroatoms. The van der Waals surface area contributed by atoms with Crippen molar-refractivity contribution in [3.63, 3.8) is 0 Å². The standard InChI is InChI=1S/C19H14N2O/c1-21-19(22)18(16-10-6-3-7-11-16)17(14-20-21)13-12-15-8-4-2-5-9-15/h2-11,14H,1H3. The quantitative estimate of drug-likeness (QED) is 0.645. The van der Waals surface area contributed by atoms with Crippen molar-refractivity contribution in [3.05, 3.63) is 88.3 Å². The summed E-state index contributed by atoms with van der Waals surface area (Å²) in [6.07, 6.45) is 1.64. The Hall–Kier alpha value is -3.12. The molecule has 0 fully saturated rings. The largest absolute Gasteiger partial charge is 0.275 e. The molecule has 0 spiro atoms. The van der Waals surface area contributed by atoms with Crippen LogP contribution in [0.1, 0.15) is 11.1 Å². The van der Waals surface area contributed by atoms with E-state index in [9.17, 15) is 4.79 Å². The number of hydrogen-bond acceptors (Lipinski definition) is 2. The summed E-state index contributed by atoms with van der Waals surface area (Å²) in [5.41, 5.74) is 2.83. The van der Waals surface area contributed by atoms with Crippen molar-refractivity contribution >= 4 is 0 Å². The van der Waals surface area contributed by atoms with Gasteiger partial charge in [0.1, 0.15) is 0 Å². The molecule has 3 rings (SSSR count). The van der Waals surface area contributed by atoms with Crippen LogP contribution < -0.4 is 5.56 Å². The smallest absolute Gasteiger partial charge is 0.267 e. The molecule has 106 valence electrons. The number of rotatable bonds is 1. The fourth-order valence-electron chi connectivity index (χ4n) is 2.18. The lowest BCUT2D eigenvalue weighted by molar-refractivity contribution is 0.708. The third kappa shape index (κ3) is 2.82. The Kier molecular flexibility index (Phi) is 3.84. The average Bonchev–Trinajstić information content (AvgIpc) is 2.57. The van der Waals surface area contributed by atoms with Crippen molar-refractivity contribution in [2.45, 2.75) is 0 Å². The molecule has 0 radical (unpaired) electrons. The third-order valence-electron chi connectivity index (χ3n) is 3.31. The first-order valence-corrected chi connectivity index (χ1v) is 6.94. The Balaban J connectivity index is 2.16. The van der Waals surface area contributed by atoms with E-state index in [1.165, 1.54) is 4.68 Å². The number of benzene rings is 2. The SMILES string of the molecule is Cn1ncc(C#Cc2ccccc2)c(-c2ccccc2)c1=O. The Labute approximate surface area is 128 Å². The van der Waals surface area contributed by atoms with E-state index in [2.05, 4.69) is 16.9 Å². The second-order valence-electron chi connectivity index (χ2n) is 4.84. The van der Waals surface area contributed by atoms with Gasteiger partial charge in [0.25, 0.3) is 5.56 Å². The van der Waals surface area contributed by atoms with Crippen LogP contribution in [0.15, 0.2) is 71.7 Å². The average molecular weight is 286 g/mol. The molecule has 1 aromatic heterocycles. The molecule has 0 aliphatic rings. The van der Waals surface area contributed by atoms with Gasteiger partial charge in [-0.25, -0.2) is 4.68 Å². The Morgan fingerprint density at radius 2 is 1.55 bits per heavy atom. The van der Waals surface area contributed by atoms with E-state index in [1.54, 1.807) is 13.2 Å². The monoisotopic (exact) mass is 286 g/mol. The number of nitrogens with zero attached hydrogens (tertiary/aromatic N) is 2. The first-order chi connectivity index (χ1) is 10.8. The summed E-state index contributed by atoms with van der Waals surface area (Å²) < 4.78 is 1.33. The fourth-order valence-corrected chi connectivity index (χ4v) is 2.18. The maximum atomic E-state index is 12.4. The molecule has 0 amide bonds. The molecule has 3 aromatic rings. The summed E-state index contributed by atoms with van der Waals surface area (Å²) >= 11 is 0. The zero-order valence-electron chi connectivity index (χ0n) is 12.2. The van der Waals surface area contributed by atoms with Crippen LogP contribution in [0.3, 0.4) is 0 Å². The van der Waals surface area contributed by atoms with E-state index in [1.807, 2.05) is 60.7 Å². The molecule has 0 unspecified atom stereocenters. The van der Waals surface area contributed by atoms with Gasteiger partial charge in [0.15, 0.2) is 0 Å². The molecule has 0 saturated heterocycles. The second-order valence-corrected chi connectivity index (χ2v) is 4.84. The minimum Gasteiger partial charge on any atom is -0.267 e. The summed E-state index contributed by atoms with van der Waals surface area (Å²) in [6.45, 7) is 0. The topological polar surface area (TPSA) is 34.9 Å². The molecule has 0 N–H and O–H groups in total. The molecular formula is C19H14N2O. The van der Waals surface area contributed by atoms with Gasteiger partial charge in [-0.15, -0.1) is 0 Å². The van der Waals surface area contributed by atoms with Crippen molar-refractivity contribution in [2.24, 2.45) is 7.05 Å². The molecule has 0 saturated carbocycles. The number of hydrogen-bond donors (Lipinski definition) is 0. The Morgan fingerprint density at radius 1 is 0.909 bits per heavy atom. The van der Waals surface area contributed by atoms with Crippen LogP contribution in [0.5, 0.6) is 0 Å². The summed E-state index contributed by atoms with van der Waals surface area (Å²) in [5, 5.41) is 4.08. The van der Waals surface area contributed by atoms with Gasteiger partial charge >= 0.3 is 0 Å². The molecule has 0 aliphatic carbocycles. The Morgan fingerprint density at radius 3 is 2.23 bits per heavy atom. The van der Waals surface area contributed by atoms with Crippen molar-refractivity contribution in [3.8, 4) is 23.0 Å². The lowest BCUT2D eigenvalue weighted by Crippen LogP contribution is -2.22. The van der Waals surface area contributed by atoms with E-state index in [0.717, 1.165) is 11.1 Å². The lowest BCUT2D eigenvalue weighted by Gasteiger charge is -2.05. The van der Waals surface area contributed by atoms with Crippen molar-refractivity contribution < 1.29 is 0 Å². The molecule has 1 heterocycles. The zero-order chi connectivity index (χ0) is 15.4. The van der Waals surface area contributed by atoms with Crippen LogP contribution in [0.4, 0.5) is 0 Å². The lowest BCUT2D eigenvalue weighted by atomic mass is 10.0. The van der Waals surface area contributed by atoms with Gasteiger partial charge < -0.3 is 0 Å². The molecule has 0 atom stereocenters. The minimum absolute atomic E-state index is 0.147. The van der Waals surface area contributed by atoms with Crippen LogP contribution in [0.2, 0.25) is 0 Å². The molecule has 0 aliphatic heterocycles. The third-order valence-corrected chi connectivity index (χ3v) is 3.31. The second kappa shape index (κ2) is 6.11. The first kappa shape index (κ1) is 13.8. The van der Waals surface area contributed by atoms with Gasteiger partial charge in [0.05, 0.1) is 17.3 Å². The van der Waals surface area contributed by atoms with Crippen molar-refractivity contribution in [1.29, 1.82) is 0 Å². The molecule has 3 nitrogen and oxygen atoms in total. The van der Waals surface area contributed by atoms with Gasteiger partial charge in [-0.1, -0.05) is 60.4 Å². The fraction of sp³-hybridized carbons (Fsp3) is 0.0526. The summed E-state index contributed by atoms with van der Waals surface area (Å²) in [7, 11) is 1.64. The van der Waals surface area contributed by atoms with Crippen LogP contribution in [-0.2, 0) is 7.05 Å². The molecule has 2 aromatic carbocycles. The number of aromatic nitrogens is 2. The van der Waals surface area contributed by atoms with Crippen LogP contribution in [-0.4, -0.2) is 9.78 Å². The predicted molar refractivity (Wildman–Crippen MR) is 87.3 cm³/mol. The highest BCUT2D eigenvalue weighted by molar-refractivity contribution is 5.70. The van der Waals surface area contributed by atoms with E-state index in [0.29, 0.717) is 11.1 Å². The Bertz CT molecular complexity index is 901. The van der Waals surface area contributed by atoms with Crippen LogP contribution in [0.25, 0.3) is 11.1 Å². The van der Waals surface area contributed by atoms with Gasteiger partial charge in [-0.05, 0) is 17.7 Å². The molecular weight excluding hydrogens is 272 g/mol. The van der Waals surface area contributed by atoms with Crippen molar-refractivity contribution in [2.75, 3.05) is 0 Å². The molecule has 22 heavy (non-hydrogen) atoms. The van der Waals surface area contributed by atoms with Gasteiger partial charge in [-0.3, -0.25) is 4.79 Å². The predicted octanol–water partition coefficient (Wildman–Crippen LogP) is 2.85. The van der Waals surface area contributed by atoms with Gasteiger partial charge in [0.2, 0.25) is 0 Å². The van der Waals surface area contributed by atoms with Crippen molar-refractivity contribution in [1.82, 2.24) is 9.78 Å². The molecule has 0 bridgehead atoms. The highest BCUT2D eigenvalue weighted by atomic mass is 16.1. The maximum Gasteiger partial charge on any atom is 0.275 e. The van der Waals surface area contributed by atoms with E-state index in [4.69, 9.17) is 0 Å². The summed E-state index contributed by atoms with van der Waals surface area (Å²) in [5.74, 6) is 6.15. The highest BCUT2D eigenvalue weighted by Crippen LogP contribution is 2.18. The number of aryl methyl sites for hydroxylation is 1. The van der Waals surface area contributed by atoms with E-state index in [-0.39, 0.29) is 5.56 Å². The summed E-state index contributed by atoms with van der Waals surface area (Å²) in [6, 6.07) is 19.2. The zero-order valence-corrected chi connectivity index (χ0v) is 12.2. The normalized spacial score (nSPS) is 9.86. The van der Waals surface area contributed by atoms with Crippen LogP contribution >= 0.6 is 0 Å². The first-order valence-electron chi connectivity index (χ1n) is 6.94.